The van der Waals surface area contributed by atoms with E-state index < -0.39 is 0 Å². The minimum atomic E-state index is 0.309. The Kier molecular flexibility index (Phi) is 4.68. The molecule has 2 unspecified atom stereocenters. The third-order valence-electron chi connectivity index (χ3n) is 3.07. The van der Waals surface area contributed by atoms with E-state index in [1.165, 1.54) is 18.6 Å². The Morgan fingerprint density at radius 2 is 2.53 bits per heavy atom. The summed E-state index contributed by atoms with van der Waals surface area (Å²) in [5.41, 5.74) is 1.05. The molecular weight excluding hydrogens is 232 g/mol. The summed E-state index contributed by atoms with van der Waals surface area (Å²) in [5.74, 6) is 2.16. The number of rotatable bonds is 5. The van der Waals surface area contributed by atoms with Crippen molar-refractivity contribution in [2.45, 2.75) is 31.1 Å². The maximum atomic E-state index is 5.42. The summed E-state index contributed by atoms with van der Waals surface area (Å²) < 4.78 is 5.42. The molecule has 1 N–H and O–H groups in total. The van der Waals surface area contributed by atoms with E-state index in [0.717, 1.165) is 18.0 Å². The zero-order valence-corrected chi connectivity index (χ0v) is 11.3. The van der Waals surface area contributed by atoms with Gasteiger partial charge in [-0.2, -0.15) is 11.8 Å². The van der Waals surface area contributed by atoms with Crippen LogP contribution in [0.3, 0.4) is 0 Å². The lowest BCUT2D eigenvalue weighted by atomic mass is 10.0. The van der Waals surface area contributed by atoms with Crippen molar-refractivity contribution in [3.05, 3.63) is 24.0 Å². The van der Waals surface area contributed by atoms with Crippen LogP contribution in [0.2, 0.25) is 0 Å². The molecule has 2 atom stereocenters. The third kappa shape index (κ3) is 2.93. The first-order valence-electron chi connectivity index (χ1n) is 6.20. The van der Waals surface area contributed by atoms with Crippen LogP contribution in [-0.2, 0) is 0 Å². The van der Waals surface area contributed by atoms with Gasteiger partial charge in [0.1, 0.15) is 11.4 Å². The van der Waals surface area contributed by atoms with Crippen molar-refractivity contribution in [3.8, 4) is 5.75 Å². The van der Waals surface area contributed by atoms with E-state index in [1.807, 2.05) is 30.1 Å². The second-order valence-electron chi connectivity index (χ2n) is 4.18. The molecule has 1 saturated heterocycles. The molecule has 4 heteroatoms. The van der Waals surface area contributed by atoms with Crippen LogP contribution in [-0.4, -0.2) is 29.6 Å². The van der Waals surface area contributed by atoms with Crippen molar-refractivity contribution in [2.24, 2.45) is 0 Å². The van der Waals surface area contributed by atoms with Gasteiger partial charge in [-0.15, -0.1) is 0 Å². The number of nitrogens with zero attached hydrogens (tertiary/aromatic N) is 1. The average molecular weight is 252 g/mol. The summed E-state index contributed by atoms with van der Waals surface area (Å²) in [6, 6.07) is 4.23. The predicted octanol–water partition coefficient (Wildman–Crippen LogP) is 2.64. The first kappa shape index (κ1) is 12.7. The molecule has 0 spiro atoms. The lowest BCUT2D eigenvalue weighted by molar-refractivity contribution is 0.391. The van der Waals surface area contributed by atoms with E-state index in [2.05, 4.69) is 17.2 Å². The molecule has 2 heterocycles. The van der Waals surface area contributed by atoms with Gasteiger partial charge < -0.3 is 10.1 Å². The molecule has 17 heavy (non-hydrogen) atoms. The van der Waals surface area contributed by atoms with E-state index >= 15 is 0 Å². The highest BCUT2D eigenvalue weighted by Gasteiger charge is 2.29. The molecule has 1 aliphatic rings. The van der Waals surface area contributed by atoms with Gasteiger partial charge in [0.2, 0.25) is 0 Å². The van der Waals surface area contributed by atoms with Crippen molar-refractivity contribution in [1.82, 2.24) is 10.3 Å². The van der Waals surface area contributed by atoms with E-state index in [0.29, 0.717) is 11.3 Å². The molecule has 1 fully saturated rings. The fourth-order valence-corrected chi connectivity index (χ4v) is 3.69. The average Bonchev–Trinajstić information content (AvgIpc) is 2.89. The van der Waals surface area contributed by atoms with Crippen LogP contribution in [0.15, 0.2) is 18.3 Å². The van der Waals surface area contributed by atoms with E-state index in [4.69, 9.17) is 4.74 Å². The van der Waals surface area contributed by atoms with Crippen molar-refractivity contribution in [3.63, 3.8) is 0 Å². The molecule has 1 aromatic heterocycles. The smallest absolute Gasteiger partial charge is 0.142 e. The molecule has 0 amide bonds. The summed E-state index contributed by atoms with van der Waals surface area (Å²) in [7, 11) is 1.71. The van der Waals surface area contributed by atoms with Crippen molar-refractivity contribution in [1.29, 1.82) is 0 Å². The van der Waals surface area contributed by atoms with Gasteiger partial charge in [0.25, 0.3) is 0 Å². The molecule has 0 aromatic carbocycles. The lowest BCUT2D eigenvalue weighted by Crippen LogP contribution is -2.30. The van der Waals surface area contributed by atoms with Gasteiger partial charge in [0, 0.05) is 11.4 Å². The maximum absolute atomic E-state index is 5.42. The van der Waals surface area contributed by atoms with E-state index in [9.17, 15) is 0 Å². The van der Waals surface area contributed by atoms with Crippen molar-refractivity contribution >= 4 is 11.8 Å². The van der Waals surface area contributed by atoms with E-state index in [1.54, 1.807) is 7.11 Å². The van der Waals surface area contributed by atoms with Crippen LogP contribution >= 0.6 is 11.8 Å². The Bertz CT molecular complexity index is 353. The molecule has 0 aliphatic carbocycles. The predicted molar refractivity (Wildman–Crippen MR) is 72.7 cm³/mol. The fourth-order valence-electron chi connectivity index (χ4n) is 2.30. The highest BCUT2D eigenvalue weighted by molar-refractivity contribution is 8.00. The third-order valence-corrected chi connectivity index (χ3v) is 4.54. The number of thioether (sulfide) groups is 1. The Morgan fingerprint density at radius 1 is 1.65 bits per heavy atom. The SMILES string of the molecule is CCNC(c1ncccc1OC)C1CCCS1. The second kappa shape index (κ2) is 6.26. The Balaban J connectivity index is 2.24. The first-order valence-corrected chi connectivity index (χ1v) is 7.25. The zero-order chi connectivity index (χ0) is 12.1. The molecule has 1 aromatic rings. The second-order valence-corrected chi connectivity index (χ2v) is 5.52. The molecule has 0 bridgehead atoms. The van der Waals surface area contributed by atoms with Gasteiger partial charge >= 0.3 is 0 Å². The molecule has 0 saturated carbocycles. The zero-order valence-electron chi connectivity index (χ0n) is 10.5. The summed E-state index contributed by atoms with van der Waals surface area (Å²) in [6.07, 6.45) is 4.43. The van der Waals surface area contributed by atoms with Gasteiger partial charge in [-0.25, -0.2) is 0 Å². The van der Waals surface area contributed by atoms with Gasteiger partial charge in [-0.3, -0.25) is 4.98 Å². The van der Waals surface area contributed by atoms with Crippen LogP contribution in [0.4, 0.5) is 0 Å². The topological polar surface area (TPSA) is 34.2 Å². The number of pyridine rings is 1. The monoisotopic (exact) mass is 252 g/mol. The minimum absolute atomic E-state index is 0.309. The largest absolute Gasteiger partial charge is 0.495 e. The van der Waals surface area contributed by atoms with Gasteiger partial charge in [0.05, 0.1) is 13.2 Å². The molecular formula is C13H20N2OS. The quantitative estimate of drug-likeness (QED) is 0.873. The minimum Gasteiger partial charge on any atom is -0.495 e. The van der Waals surface area contributed by atoms with E-state index in [-0.39, 0.29) is 0 Å². The molecule has 94 valence electrons. The molecule has 0 radical (unpaired) electrons. The number of ether oxygens (including phenoxy) is 1. The summed E-state index contributed by atoms with van der Waals surface area (Å²) in [5, 5.41) is 4.18. The van der Waals surface area contributed by atoms with Crippen LogP contribution in [0.1, 0.15) is 31.5 Å². The Morgan fingerprint density at radius 3 is 3.18 bits per heavy atom. The van der Waals surface area contributed by atoms with Gasteiger partial charge in [0.15, 0.2) is 0 Å². The summed E-state index contributed by atoms with van der Waals surface area (Å²) >= 11 is 2.05. The lowest BCUT2D eigenvalue weighted by Gasteiger charge is -2.24. The normalized spacial score (nSPS) is 21.4. The fraction of sp³-hybridized carbons (Fsp3) is 0.615. The Labute approximate surface area is 107 Å². The van der Waals surface area contributed by atoms with Gasteiger partial charge in [-0.05, 0) is 37.3 Å². The highest BCUT2D eigenvalue weighted by atomic mass is 32.2. The van der Waals surface area contributed by atoms with Gasteiger partial charge in [-0.1, -0.05) is 6.92 Å². The standard InChI is InChI=1S/C13H20N2OS/c1-3-14-13(11-7-5-9-17-11)12-10(16-2)6-4-8-15-12/h4,6,8,11,13-14H,3,5,7,9H2,1-2H3. The van der Waals surface area contributed by atoms with Crippen molar-refractivity contribution in [2.75, 3.05) is 19.4 Å². The van der Waals surface area contributed by atoms with Crippen LogP contribution < -0.4 is 10.1 Å². The molecule has 1 aliphatic heterocycles. The summed E-state index contributed by atoms with van der Waals surface area (Å²) in [6.45, 7) is 3.10. The summed E-state index contributed by atoms with van der Waals surface area (Å²) in [4.78, 5) is 4.51. The number of nitrogens with one attached hydrogen (secondary N) is 1. The number of hydrogen-bond donors (Lipinski definition) is 1. The maximum Gasteiger partial charge on any atom is 0.142 e. The molecule has 2 rings (SSSR count). The number of hydrogen-bond acceptors (Lipinski definition) is 4. The van der Waals surface area contributed by atoms with Crippen molar-refractivity contribution < 1.29 is 4.74 Å². The highest BCUT2D eigenvalue weighted by Crippen LogP contribution is 2.37. The first-order chi connectivity index (χ1) is 8.36. The Hall–Kier alpha value is -0.740. The molecule has 3 nitrogen and oxygen atoms in total. The van der Waals surface area contributed by atoms with Crippen LogP contribution in [0.25, 0.3) is 0 Å². The number of methoxy groups -OCH3 is 1. The van der Waals surface area contributed by atoms with Crippen LogP contribution in [0, 0.1) is 0 Å². The number of aromatic nitrogens is 1. The van der Waals surface area contributed by atoms with Crippen LogP contribution in [0.5, 0.6) is 5.75 Å².